The van der Waals surface area contributed by atoms with E-state index in [9.17, 15) is 20.0 Å². The highest BCUT2D eigenvalue weighted by molar-refractivity contribution is 5.80. The number of nitro groups is 1. The number of fused-ring (bicyclic) bond motifs is 2. The number of nitrogens with zero attached hydrogens (tertiary/aromatic N) is 2. The number of carbonyl (C=O) groups excluding carboxylic acids is 1. The van der Waals surface area contributed by atoms with E-state index in [0.29, 0.717) is 18.4 Å². The highest BCUT2D eigenvalue weighted by Crippen LogP contribution is 2.36. The van der Waals surface area contributed by atoms with Crippen molar-refractivity contribution in [1.82, 2.24) is 4.90 Å². The van der Waals surface area contributed by atoms with Crippen LogP contribution in [0.4, 0.5) is 5.69 Å². The Bertz CT molecular complexity index is 561. The second-order valence-corrected chi connectivity index (χ2v) is 5.92. The molecule has 0 aliphatic carbocycles. The highest BCUT2D eigenvalue weighted by Gasteiger charge is 2.42. The lowest BCUT2D eigenvalue weighted by Crippen LogP contribution is -2.48. The maximum Gasteiger partial charge on any atom is 0.269 e. The minimum absolute atomic E-state index is 0.00916. The molecule has 2 bridgehead atoms. The van der Waals surface area contributed by atoms with Gasteiger partial charge in [0, 0.05) is 24.2 Å². The van der Waals surface area contributed by atoms with Gasteiger partial charge in [-0.1, -0.05) is 12.1 Å². The summed E-state index contributed by atoms with van der Waals surface area (Å²) in [4.78, 5) is 24.7. The molecule has 1 aromatic rings. The van der Waals surface area contributed by atoms with Crippen LogP contribution in [0.3, 0.4) is 0 Å². The SMILES string of the molecule is O=C(Cc1cccc([N+](=O)[O-])c1)N1C2CCC1CC(O)C2. The van der Waals surface area contributed by atoms with Gasteiger partial charge in [0.25, 0.3) is 5.69 Å². The Hall–Kier alpha value is -1.95. The molecule has 1 aromatic carbocycles. The summed E-state index contributed by atoms with van der Waals surface area (Å²) in [6.45, 7) is 0. The minimum Gasteiger partial charge on any atom is -0.393 e. The zero-order valence-corrected chi connectivity index (χ0v) is 11.6. The van der Waals surface area contributed by atoms with Gasteiger partial charge in [0.15, 0.2) is 0 Å². The minimum atomic E-state index is -0.449. The number of nitro benzene ring substituents is 1. The van der Waals surface area contributed by atoms with Gasteiger partial charge in [-0.3, -0.25) is 14.9 Å². The molecule has 1 amide bonds. The van der Waals surface area contributed by atoms with Gasteiger partial charge in [-0.2, -0.15) is 0 Å². The molecule has 2 aliphatic heterocycles. The highest BCUT2D eigenvalue weighted by atomic mass is 16.6. The molecular formula is C15H18N2O4. The average Bonchev–Trinajstić information content (AvgIpc) is 2.71. The second kappa shape index (κ2) is 5.44. The third-order valence-corrected chi connectivity index (χ3v) is 4.47. The Balaban J connectivity index is 1.72. The Morgan fingerprint density at radius 3 is 2.62 bits per heavy atom. The summed E-state index contributed by atoms with van der Waals surface area (Å²) in [6, 6.07) is 6.49. The van der Waals surface area contributed by atoms with Crippen molar-refractivity contribution in [2.24, 2.45) is 0 Å². The first-order chi connectivity index (χ1) is 10.0. The molecule has 2 saturated heterocycles. The smallest absolute Gasteiger partial charge is 0.269 e. The van der Waals surface area contributed by atoms with Crippen molar-refractivity contribution in [1.29, 1.82) is 0 Å². The van der Waals surface area contributed by atoms with Gasteiger partial charge in [0.1, 0.15) is 0 Å². The van der Waals surface area contributed by atoms with Gasteiger partial charge in [-0.05, 0) is 31.2 Å². The fourth-order valence-electron chi connectivity index (χ4n) is 3.60. The topological polar surface area (TPSA) is 83.7 Å². The van der Waals surface area contributed by atoms with Crippen molar-refractivity contribution in [3.8, 4) is 0 Å². The van der Waals surface area contributed by atoms with E-state index in [4.69, 9.17) is 0 Å². The molecule has 112 valence electrons. The molecule has 6 heteroatoms. The number of aliphatic hydroxyl groups is 1. The summed E-state index contributed by atoms with van der Waals surface area (Å²) in [5.74, 6) is 0.00916. The summed E-state index contributed by atoms with van der Waals surface area (Å²) >= 11 is 0. The van der Waals surface area contributed by atoms with Crippen LogP contribution in [0.15, 0.2) is 24.3 Å². The zero-order chi connectivity index (χ0) is 15.0. The van der Waals surface area contributed by atoms with E-state index in [0.717, 1.165) is 12.8 Å². The van der Waals surface area contributed by atoms with E-state index in [1.807, 2.05) is 4.90 Å². The summed E-state index contributed by atoms with van der Waals surface area (Å²) in [6.07, 6.45) is 3.08. The molecule has 0 saturated carbocycles. The van der Waals surface area contributed by atoms with Gasteiger partial charge < -0.3 is 10.0 Å². The molecule has 2 atom stereocenters. The van der Waals surface area contributed by atoms with Crippen LogP contribution in [0.2, 0.25) is 0 Å². The Morgan fingerprint density at radius 1 is 1.33 bits per heavy atom. The number of carbonyl (C=O) groups is 1. The molecule has 0 aromatic heterocycles. The maximum absolute atomic E-state index is 12.5. The van der Waals surface area contributed by atoms with Crippen LogP contribution >= 0.6 is 0 Å². The van der Waals surface area contributed by atoms with Crippen LogP contribution in [-0.2, 0) is 11.2 Å². The molecule has 2 unspecified atom stereocenters. The lowest BCUT2D eigenvalue weighted by molar-refractivity contribution is -0.384. The van der Waals surface area contributed by atoms with E-state index in [2.05, 4.69) is 0 Å². The molecule has 0 spiro atoms. The number of benzene rings is 1. The predicted molar refractivity (Wildman–Crippen MR) is 75.7 cm³/mol. The van der Waals surface area contributed by atoms with E-state index >= 15 is 0 Å². The van der Waals surface area contributed by atoms with E-state index in [-0.39, 0.29) is 36.2 Å². The third kappa shape index (κ3) is 2.76. The molecule has 2 heterocycles. The number of rotatable bonds is 3. The van der Waals surface area contributed by atoms with Crippen molar-refractivity contribution < 1.29 is 14.8 Å². The Kier molecular flexibility index (Phi) is 3.63. The lowest BCUT2D eigenvalue weighted by Gasteiger charge is -2.37. The number of amides is 1. The first-order valence-corrected chi connectivity index (χ1v) is 7.27. The first kappa shape index (κ1) is 14.0. The molecular weight excluding hydrogens is 272 g/mol. The molecule has 2 aliphatic rings. The number of piperidine rings is 1. The van der Waals surface area contributed by atoms with Gasteiger partial charge >= 0.3 is 0 Å². The van der Waals surface area contributed by atoms with Crippen LogP contribution in [0.5, 0.6) is 0 Å². The van der Waals surface area contributed by atoms with Crippen LogP contribution in [0.25, 0.3) is 0 Å². The van der Waals surface area contributed by atoms with Crippen LogP contribution in [-0.4, -0.2) is 39.0 Å². The summed E-state index contributed by atoms with van der Waals surface area (Å²) in [5.41, 5.74) is 0.678. The van der Waals surface area contributed by atoms with Gasteiger partial charge in [0.2, 0.25) is 5.91 Å². The predicted octanol–water partition coefficient (Wildman–Crippen LogP) is 1.65. The first-order valence-electron chi connectivity index (χ1n) is 7.27. The largest absolute Gasteiger partial charge is 0.393 e. The lowest BCUT2D eigenvalue weighted by atomic mass is 9.98. The maximum atomic E-state index is 12.5. The Morgan fingerprint density at radius 2 is 2.00 bits per heavy atom. The molecule has 2 fully saturated rings. The van der Waals surface area contributed by atoms with Crippen molar-refractivity contribution >= 4 is 11.6 Å². The average molecular weight is 290 g/mol. The molecule has 3 rings (SSSR count). The molecule has 21 heavy (non-hydrogen) atoms. The molecule has 6 nitrogen and oxygen atoms in total. The van der Waals surface area contributed by atoms with Crippen molar-refractivity contribution in [3.63, 3.8) is 0 Å². The molecule has 0 radical (unpaired) electrons. The summed E-state index contributed by atoms with van der Waals surface area (Å²) in [5, 5.41) is 20.5. The normalized spacial score (nSPS) is 27.7. The van der Waals surface area contributed by atoms with E-state index < -0.39 is 4.92 Å². The number of hydrogen-bond acceptors (Lipinski definition) is 4. The number of hydrogen-bond donors (Lipinski definition) is 1. The van der Waals surface area contributed by atoms with Crippen molar-refractivity contribution in [2.45, 2.75) is 50.3 Å². The molecule has 1 N–H and O–H groups in total. The van der Waals surface area contributed by atoms with E-state index in [1.54, 1.807) is 12.1 Å². The van der Waals surface area contributed by atoms with Gasteiger partial charge in [-0.15, -0.1) is 0 Å². The summed E-state index contributed by atoms with van der Waals surface area (Å²) in [7, 11) is 0. The monoisotopic (exact) mass is 290 g/mol. The van der Waals surface area contributed by atoms with Crippen LogP contribution in [0.1, 0.15) is 31.2 Å². The fourth-order valence-corrected chi connectivity index (χ4v) is 3.60. The number of non-ortho nitro benzene ring substituents is 1. The van der Waals surface area contributed by atoms with Crippen molar-refractivity contribution in [3.05, 3.63) is 39.9 Å². The van der Waals surface area contributed by atoms with Crippen molar-refractivity contribution in [2.75, 3.05) is 0 Å². The second-order valence-electron chi connectivity index (χ2n) is 5.92. The van der Waals surface area contributed by atoms with Gasteiger partial charge in [-0.25, -0.2) is 0 Å². The van der Waals surface area contributed by atoms with Crippen LogP contribution < -0.4 is 0 Å². The number of aliphatic hydroxyl groups excluding tert-OH is 1. The summed E-state index contributed by atoms with van der Waals surface area (Å²) < 4.78 is 0. The Labute approximate surface area is 122 Å². The zero-order valence-electron chi connectivity index (χ0n) is 11.6. The quantitative estimate of drug-likeness (QED) is 0.677. The van der Waals surface area contributed by atoms with E-state index in [1.165, 1.54) is 12.1 Å². The fraction of sp³-hybridized carbons (Fsp3) is 0.533. The van der Waals surface area contributed by atoms with Gasteiger partial charge in [0.05, 0.1) is 17.4 Å². The standard InChI is InChI=1S/C15H18N2O4/c18-14-8-11-4-5-12(9-14)16(11)15(19)7-10-2-1-3-13(6-10)17(20)21/h1-3,6,11-12,14,18H,4-5,7-9H2. The third-order valence-electron chi connectivity index (χ3n) is 4.47. The van der Waals surface area contributed by atoms with Crippen LogP contribution in [0, 0.1) is 10.1 Å².